The van der Waals surface area contributed by atoms with E-state index >= 15 is 0 Å². The molecule has 20 heavy (non-hydrogen) atoms. The molecule has 2 unspecified atom stereocenters. The Morgan fingerprint density at radius 1 is 1.20 bits per heavy atom. The van der Waals surface area contributed by atoms with Crippen LogP contribution < -0.4 is 10.5 Å². The Morgan fingerprint density at radius 2 is 1.90 bits per heavy atom. The SMILES string of the molecule is COc1c(C(N)C2CN3CCN2CC3)ccc(C)c1C. The number of rotatable bonds is 3. The van der Waals surface area contributed by atoms with Crippen molar-refractivity contribution in [3.63, 3.8) is 0 Å². The summed E-state index contributed by atoms with van der Waals surface area (Å²) in [5.41, 5.74) is 10.2. The number of aryl methyl sites for hydroxylation is 1. The van der Waals surface area contributed by atoms with Gasteiger partial charge in [-0.05, 0) is 25.0 Å². The summed E-state index contributed by atoms with van der Waals surface area (Å²) in [6, 6.07) is 4.73. The maximum Gasteiger partial charge on any atom is 0.126 e. The maximum atomic E-state index is 6.60. The van der Waals surface area contributed by atoms with Gasteiger partial charge in [0.2, 0.25) is 0 Å². The lowest BCUT2D eigenvalue weighted by atomic mass is 9.91. The highest BCUT2D eigenvalue weighted by atomic mass is 16.5. The predicted octanol–water partition coefficient (Wildman–Crippen LogP) is 1.31. The third-order valence-corrected chi connectivity index (χ3v) is 5.01. The topological polar surface area (TPSA) is 41.7 Å². The minimum Gasteiger partial charge on any atom is -0.496 e. The molecule has 2 bridgehead atoms. The van der Waals surface area contributed by atoms with Gasteiger partial charge < -0.3 is 10.5 Å². The highest BCUT2D eigenvalue weighted by Gasteiger charge is 2.36. The van der Waals surface area contributed by atoms with Gasteiger partial charge in [-0.2, -0.15) is 0 Å². The van der Waals surface area contributed by atoms with Gasteiger partial charge in [-0.1, -0.05) is 12.1 Å². The standard InChI is InChI=1S/C16H25N3O/c1-11-4-5-13(16(20-3)12(11)2)15(17)14-10-18-6-8-19(14)9-7-18/h4-5,14-15H,6-10,17H2,1-3H3. The summed E-state index contributed by atoms with van der Waals surface area (Å²) in [6.45, 7) is 9.97. The molecule has 2 atom stereocenters. The van der Waals surface area contributed by atoms with E-state index in [9.17, 15) is 0 Å². The molecule has 4 nitrogen and oxygen atoms in total. The average molecular weight is 275 g/mol. The fourth-order valence-electron chi connectivity index (χ4n) is 3.55. The Morgan fingerprint density at radius 3 is 2.45 bits per heavy atom. The first kappa shape index (κ1) is 13.9. The molecule has 1 aromatic carbocycles. The molecule has 3 heterocycles. The molecule has 0 amide bonds. The van der Waals surface area contributed by atoms with E-state index in [1.165, 1.54) is 24.2 Å². The van der Waals surface area contributed by atoms with Crippen molar-refractivity contribution in [3.8, 4) is 5.75 Å². The molecule has 3 aliphatic heterocycles. The van der Waals surface area contributed by atoms with Crippen molar-refractivity contribution >= 4 is 0 Å². The number of piperazine rings is 3. The first-order valence-corrected chi connectivity index (χ1v) is 7.48. The van der Waals surface area contributed by atoms with Crippen LogP contribution in [0.1, 0.15) is 22.7 Å². The summed E-state index contributed by atoms with van der Waals surface area (Å²) in [6.07, 6.45) is 0. The van der Waals surface area contributed by atoms with Crippen LogP contribution in [0.25, 0.3) is 0 Å². The summed E-state index contributed by atoms with van der Waals surface area (Å²) >= 11 is 0. The van der Waals surface area contributed by atoms with Gasteiger partial charge in [0.1, 0.15) is 5.75 Å². The minimum atomic E-state index is 0.0207. The van der Waals surface area contributed by atoms with E-state index in [1.54, 1.807) is 7.11 Å². The highest BCUT2D eigenvalue weighted by Crippen LogP contribution is 2.34. The zero-order chi connectivity index (χ0) is 14.3. The summed E-state index contributed by atoms with van der Waals surface area (Å²) in [5, 5.41) is 0. The minimum absolute atomic E-state index is 0.0207. The molecular formula is C16H25N3O. The number of ether oxygens (including phenoxy) is 1. The Bertz CT molecular complexity index is 495. The van der Waals surface area contributed by atoms with Crippen molar-refractivity contribution in [2.24, 2.45) is 5.73 Å². The summed E-state index contributed by atoms with van der Waals surface area (Å²) < 4.78 is 5.64. The van der Waals surface area contributed by atoms with E-state index in [-0.39, 0.29) is 6.04 Å². The van der Waals surface area contributed by atoms with Crippen molar-refractivity contribution in [3.05, 3.63) is 28.8 Å². The zero-order valence-corrected chi connectivity index (χ0v) is 12.7. The monoisotopic (exact) mass is 275 g/mol. The molecule has 110 valence electrons. The number of methoxy groups -OCH3 is 1. The molecular weight excluding hydrogens is 250 g/mol. The van der Waals surface area contributed by atoms with Crippen LogP contribution >= 0.6 is 0 Å². The molecule has 2 N–H and O–H groups in total. The van der Waals surface area contributed by atoms with Gasteiger partial charge in [0.25, 0.3) is 0 Å². The smallest absolute Gasteiger partial charge is 0.126 e. The van der Waals surface area contributed by atoms with Crippen LogP contribution in [0.4, 0.5) is 0 Å². The van der Waals surface area contributed by atoms with E-state index in [2.05, 4.69) is 35.8 Å². The van der Waals surface area contributed by atoms with E-state index in [0.717, 1.165) is 30.9 Å². The second kappa shape index (κ2) is 5.35. The van der Waals surface area contributed by atoms with Gasteiger partial charge >= 0.3 is 0 Å². The number of hydrogen-bond acceptors (Lipinski definition) is 4. The number of fused-ring (bicyclic) bond motifs is 3. The predicted molar refractivity (Wildman–Crippen MR) is 81.2 cm³/mol. The Kier molecular flexibility index (Phi) is 3.71. The second-order valence-corrected chi connectivity index (χ2v) is 6.06. The molecule has 0 radical (unpaired) electrons. The quantitative estimate of drug-likeness (QED) is 0.903. The Hall–Kier alpha value is -1.10. The largest absolute Gasteiger partial charge is 0.496 e. The van der Waals surface area contributed by atoms with Gasteiger partial charge in [0, 0.05) is 44.3 Å². The molecule has 0 aliphatic carbocycles. The van der Waals surface area contributed by atoms with Gasteiger partial charge in [0.15, 0.2) is 0 Å². The highest BCUT2D eigenvalue weighted by molar-refractivity contribution is 5.47. The molecule has 3 fully saturated rings. The molecule has 0 aromatic heterocycles. The molecule has 0 spiro atoms. The lowest BCUT2D eigenvalue weighted by molar-refractivity contribution is 0.00186. The van der Waals surface area contributed by atoms with Crippen molar-refractivity contribution in [1.29, 1.82) is 0 Å². The summed E-state index contributed by atoms with van der Waals surface area (Å²) in [7, 11) is 1.74. The summed E-state index contributed by atoms with van der Waals surface area (Å²) in [5.74, 6) is 0.968. The van der Waals surface area contributed by atoms with Crippen LogP contribution in [0.5, 0.6) is 5.75 Å². The first-order chi connectivity index (χ1) is 9.61. The van der Waals surface area contributed by atoms with Crippen LogP contribution in [-0.2, 0) is 0 Å². The molecule has 3 aliphatic rings. The van der Waals surface area contributed by atoms with Crippen LogP contribution in [0.15, 0.2) is 12.1 Å². The fourth-order valence-corrected chi connectivity index (χ4v) is 3.55. The Balaban J connectivity index is 1.91. The molecule has 4 rings (SSSR count). The second-order valence-electron chi connectivity index (χ2n) is 6.06. The lowest BCUT2D eigenvalue weighted by Gasteiger charge is -2.49. The third-order valence-electron chi connectivity index (χ3n) is 5.01. The number of benzene rings is 1. The van der Waals surface area contributed by atoms with Crippen molar-refractivity contribution in [2.75, 3.05) is 39.8 Å². The lowest BCUT2D eigenvalue weighted by Crippen LogP contribution is -2.63. The van der Waals surface area contributed by atoms with Gasteiger partial charge in [-0.15, -0.1) is 0 Å². The van der Waals surface area contributed by atoms with E-state index in [1.807, 2.05) is 0 Å². The molecule has 1 aromatic rings. The van der Waals surface area contributed by atoms with E-state index < -0.39 is 0 Å². The number of nitrogens with zero attached hydrogens (tertiary/aromatic N) is 2. The zero-order valence-electron chi connectivity index (χ0n) is 12.7. The molecule has 0 saturated carbocycles. The summed E-state index contributed by atoms with van der Waals surface area (Å²) in [4.78, 5) is 5.07. The number of hydrogen-bond donors (Lipinski definition) is 1. The van der Waals surface area contributed by atoms with Crippen LogP contribution in [-0.4, -0.2) is 55.7 Å². The van der Waals surface area contributed by atoms with Gasteiger partial charge in [0.05, 0.1) is 13.2 Å². The average Bonchev–Trinajstić information content (AvgIpc) is 2.50. The van der Waals surface area contributed by atoms with Crippen molar-refractivity contribution in [2.45, 2.75) is 25.9 Å². The normalized spacial score (nSPS) is 30.3. The van der Waals surface area contributed by atoms with E-state index in [0.29, 0.717) is 6.04 Å². The molecule has 3 saturated heterocycles. The Labute approximate surface area is 121 Å². The van der Waals surface area contributed by atoms with Crippen LogP contribution in [0, 0.1) is 13.8 Å². The third kappa shape index (κ3) is 2.22. The van der Waals surface area contributed by atoms with Gasteiger partial charge in [-0.3, -0.25) is 9.80 Å². The fraction of sp³-hybridized carbons (Fsp3) is 0.625. The molecule has 4 heteroatoms. The van der Waals surface area contributed by atoms with Crippen molar-refractivity contribution in [1.82, 2.24) is 9.80 Å². The number of nitrogens with two attached hydrogens (primary N) is 1. The van der Waals surface area contributed by atoms with Gasteiger partial charge in [-0.25, -0.2) is 0 Å². The van der Waals surface area contributed by atoms with Crippen LogP contribution in [0.3, 0.4) is 0 Å². The maximum absolute atomic E-state index is 6.60. The van der Waals surface area contributed by atoms with E-state index in [4.69, 9.17) is 10.5 Å². The van der Waals surface area contributed by atoms with Crippen molar-refractivity contribution < 1.29 is 4.74 Å². The first-order valence-electron chi connectivity index (χ1n) is 7.48. The van der Waals surface area contributed by atoms with Crippen LogP contribution in [0.2, 0.25) is 0 Å².